The van der Waals surface area contributed by atoms with Crippen molar-refractivity contribution in [2.75, 3.05) is 0 Å². The highest BCUT2D eigenvalue weighted by Crippen LogP contribution is 2.15. The molecule has 0 aliphatic rings. The summed E-state index contributed by atoms with van der Waals surface area (Å²) in [6.45, 7) is 0. The number of rotatable bonds is 17. The van der Waals surface area contributed by atoms with Crippen molar-refractivity contribution in [2.45, 2.75) is 96.3 Å². The van der Waals surface area contributed by atoms with Crippen LogP contribution in [0, 0.1) is 0 Å². The van der Waals surface area contributed by atoms with E-state index in [-0.39, 0.29) is 6.42 Å². The lowest BCUT2D eigenvalue weighted by molar-refractivity contribution is -0.136. The van der Waals surface area contributed by atoms with Crippen molar-refractivity contribution < 1.29 is 20.1 Å². The fourth-order valence-corrected chi connectivity index (χ4v) is 2.85. The molecule has 0 saturated heterocycles. The van der Waals surface area contributed by atoms with Gasteiger partial charge >= 0.3 is 5.97 Å². The fourth-order valence-electron chi connectivity index (χ4n) is 2.85. The van der Waals surface area contributed by atoms with Gasteiger partial charge in [-0.05, 0) is 31.3 Å². The van der Waals surface area contributed by atoms with Gasteiger partial charge in [0.05, 0.1) is 18.9 Å². The van der Waals surface area contributed by atoms with E-state index in [9.17, 15) is 4.79 Å². The quantitative estimate of drug-likeness (QED) is 0.210. The molecule has 0 aromatic carbocycles. The molecule has 0 heterocycles. The Kier molecular flexibility index (Phi) is 16.8. The summed E-state index contributed by atoms with van der Waals surface area (Å²) in [4.78, 5) is 10.6. The van der Waals surface area contributed by atoms with E-state index in [0.29, 0.717) is 12.0 Å². The van der Waals surface area contributed by atoms with Crippen LogP contribution in [-0.2, 0) is 4.79 Å². The van der Waals surface area contributed by atoms with Crippen LogP contribution in [0.5, 0.6) is 0 Å². The molecule has 0 atom stereocenters. The maximum Gasteiger partial charge on any atom is 0.307 e. The number of carbonyl (C=O) groups is 1. The molecular weight excluding hydrogens is 304 g/mol. The van der Waals surface area contributed by atoms with Gasteiger partial charge < -0.3 is 15.3 Å². The molecule has 0 unspecified atom stereocenters. The Morgan fingerprint density at radius 3 is 1.58 bits per heavy atom. The van der Waals surface area contributed by atoms with Gasteiger partial charge in [-0.3, -0.25) is 4.79 Å². The molecule has 0 amide bonds. The number of aliphatic carboxylic acids is 1. The zero-order chi connectivity index (χ0) is 17.9. The lowest BCUT2D eigenvalue weighted by atomic mass is 10.0. The molecule has 140 valence electrons. The van der Waals surface area contributed by atoms with Crippen molar-refractivity contribution in [3.05, 3.63) is 24.2 Å². The van der Waals surface area contributed by atoms with Crippen LogP contribution in [-0.4, -0.2) is 21.3 Å². The zero-order valence-electron chi connectivity index (χ0n) is 15.1. The Labute approximate surface area is 147 Å². The van der Waals surface area contributed by atoms with Crippen LogP contribution < -0.4 is 0 Å². The predicted octanol–water partition coefficient (Wildman–Crippen LogP) is 6.44. The Bertz CT molecular complexity index is 348. The van der Waals surface area contributed by atoms with Crippen LogP contribution in [0.25, 0.3) is 0 Å². The van der Waals surface area contributed by atoms with Gasteiger partial charge in [-0.25, -0.2) is 0 Å². The van der Waals surface area contributed by atoms with Crippen molar-refractivity contribution in [1.82, 2.24) is 0 Å². The van der Waals surface area contributed by atoms with Crippen molar-refractivity contribution >= 4 is 5.97 Å². The Morgan fingerprint density at radius 2 is 1.17 bits per heavy atom. The summed E-state index contributed by atoms with van der Waals surface area (Å²) < 4.78 is 0. The van der Waals surface area contributed by atoms with Crippen molar-refractivity contribution in [3.8, 4) is 0 Å². The summed E-state index contributed by atoms with van der Waals surface area (Å²) in [7, 11) is 0. The third-order valence-corrected chi connectivity index (χ3v) is 4.28. The number of aliphatic hydroxyl groups is 2. The molecule has 0 spiro atoms. The molecule has 0 saturated carbocycles. The highest BCUT2D eigenvalue weighted by atomic mass is 16.4. The summed E-state index contributed by atoms with van der Waals surface area (Å²) in [6.07, 6.45) is 20.4. The molecule has 0 bridgehead atoms. The van der Waals surface area contributed by atoms with Crippen LogP contribution in [0.2, 0.25) is 0 Å². The highest BCUT2D eigenvalue weighted by Gasteiger charge is 2.03. The largest absolute Gasteiger partial charge is 0.516 e. The molecule has 0 aliphatic carbocycles. The minimum atomic E-state index is -0.878. The number of aliphatic hydroxyl groups excluding tert-OH is 2. The van der Waals surface area contributed by atoms with Crippen molar-refractivity contribution in [2.24, 2.45) is 0 Å². The number of hydrogen-bond acceptors (Lipinski definition) is 3. The Hall–Kier alpha value is -1.45. The zero-order valence-corrected chi connectivity index (χ0v) is 15.1. The normalized spacial score (nSPS) is 12.1. The van der Waals surface area contributed by atoms with Gasteiger partial charge in [-0.1, -0.05) is 70.3 Å². The third-order valence-electron chi connectivity index (χ3n) is 4.28. The molecule has 24 heavy (non-hydrogen) atoms. The molecule has 0 fully saturated rings. The van der Waals surface area contributed by atoms with Crippen LogP contribution in [0.1, 0.15) is 96.3 Å². The number of unbranched alkanes of at least 4 members (excludes halogenated alkanes) is 12. The average Bonchev–Trinajstić information content (AvgIpc) is 2.56. The van der Waals surface area contributed by atoms with Crippen LogP contribution in [0.4, 0.5) is 0 Å². The van der Waals surface area contributed by atoms with Gasteiger partial charge in [0.1, 0.15) is 0 Å². The standard InChI is InChI=1S/C20H36O4/c21-16-14-12-10-8-6-4-2-1-3-5-7-9-11-13-15-19(18-22)17-20(23)24/h14,16,18,21-22H,1-13,15,17H2,(H,23,24). The lowest BCUT2D eigenvalue weighted by Gasteiger charge is -2.04. The molecule has 0 aromatic heterocycles. The van der Waals surface area contributed by atoms with Gasteiger partial charge in [-0.15, -0.1) is 0 Å². The summed E-state index contributed by atoms with van der Waals surface area (Å²) in [6, 6.07) is 0. The molecular formula is C20H36O4. The van der Waals surface area contributed by atoms with Gasteiger partial charge in [0.2, 0.25) is 0 Å². The number of allylic oxidation sites excluding steroid dienone is 1. The summed E-state index contributed by atoms with van der Waals surface area (Å²) in [5.41, 5.74) is 0.620. The van der Waals surface area contributed by atoms with E-state index in [2.05, 4.69) is 0 Å². The van der Waals surface area contributed by atoms with Gasteiger partial charge in [0.25, 0.3) is 0 Å². The molecule has 0 aromatic rings. The van der Waals surface area contributed by atoms with Crippen molar-refractivity contribution in [3.63, 3.8) is 0 Å². The average molecular weight is 341 g/mol. The summed E-state index contributed by atoms with van der Waals surface area (Å²) in [5.74, 6) is -0.878. The summed E-state index contributed by atoms with van der Waals surface area (Å²) in [5, 5.41) is 26.1. The van der Waals surface area contributed by atoms with E-state index >= 15 is 0 Å². The van der Waals surface area contributed by atoms with E-state index < -0.39 is 5.97 Å². The Morgan fingerprint density at radius 1 is 0.708 bits per heavy atom. The Balaban J connectivity index is 3.21. The van der Waals surface area contributed by atoms with E-state index in [1.54, 1.807) is 0 Å². The van der Waals surface area contributed by atoms with E-state index in [0.717, 1.165) is 31.8 Å². The first-order chi connectivity index (χ1) is 11.7. The maximum atomic E-state index is 10.6. The van der Waals surface area contributed by atoms with Crippen LogP contribution in [0.3, 0.4) is 0 Å². The van der Waals surface area contributed by atoms with E-state index in [1.165, 1.54) is 64.2 Å². The molecule has 0 aliphatic heterocycles. The highest BCUT2D eigenvalue weighted by molar-refractivity contribution is 5.69. The minimum Gasteiger partial charge on any atom is -0.516 e. The second kappa shape index (κ2) is 17.9. The second-order valence-electron chi connectivity index (χ2n) is 6.52. The van der Waals surface area contributed by atoms with Crippen LogP contribution >= 0.6 is 0 Å². The van der Waals surface area contributed by atoms with Crippen LogP contribution in [0.15, 0.2) is 24.2 Å². The SMILES string of the molecule is O=C(O)CC(=CO)CCCCCCCCCCCCCCC=CO. The minimum absolute atomic E-state index is 0.0470. The summed E-state index contributed by atoms with van der Waals surface area (Å²) >= 11 is 0. The van der Waals surface area contributed by atoms with Gasteiger partial charge in [0, 0.05) is 0 Å². The first kappa shape index (κ1) is 22.6. The smallest absolute Gasteiger partial charge is 0.307 e. The third kappa shape index (κ3) is 16.9. The number of carboxylic acids is 1. The molecule has 4 heteroatoms. The molecule has 3 N–H and O–H groups in total. The fraction of sp³-hybridized carbons (Fsp3) is 0.750. The molecule has 0 rings (SSSR count). The molecule has 0 radical (unpaired) electrons. The number of carboxylic acid groups (broad SMARTS) is 1. The maximum absolute atomic E-state index is 10.6. The predicted molar refractivity (Wildman–Crippen MR) is 99.4 cm³/mol. The van der Waals surface area contributed by atoms with E-state index in [1.807, 2.05) is 6.08 Å². The van der Waals surface area contributed by atoms with E-state index in [4.69, 9.17) is 15.3 Å². The lowest BCUT2D eigenvalue weighted by Crippen LogP contribution is -1.97. The monoisotopic (exact) mass is 340 g/mol. The first-order valence-corrected chi connectivity index (χ1v) is 9.54. The molecule has 4 nitrogen and oxygen atoms in total. The first-order valence-electron chi connectivity index (χ1n) is 9.54. The van der Waals surface area contributed by atoms with Gasteiger partial charge in [-0.2, -0.15) is 0 Å². The van der Waals surface area contributed by atoms with Gasteiger partial charge in [0.15, 0.2) is 0 Å². The second-order valence-corrected chi connectivity index (χ2v) is 6.52. The van der Waals surface area contributed by atoms with Crippen molar-refractivity contribution in [1.29, 1.82) is 0 Å². The number of hydrogen-bond donors (Lipinski definition) is 3. The topological polar surface area (TPSA) is 77.8 Å².